The summed E-state index contributed by atoms with van der Waals surface area (Å²) in [5, 5.41) is -0.215. The molecule has 22 heavy (non-hydrogen) atoms. The largest absolute Gasteiger partial charge is 0.280 e. The van der Waals surface area contributed by atoms with Crippen LogP contribution in [-0.4, -0.2) is 23.1 Å². The molecule has 2 rings (SSSR count). The Morgan fingerprint density at radius 2 is 1.50 bits per heavy atom. The Labute approximate surface area is 132 Å². The quantitative estimate of drug-likeness (QED) is 0.905. The summed E-state index contributed by atoms with van der Waals surface area (Å²) in [4.78, 5) is -0.114. The first-order valence-electron chi connectivity index (χ1n) is 5.87. The lowest BCUT2D eigenvalue weighted by Gasteiger charge is -2.09. The molecule has 0 aliphatic carbocycles. The number of sulfone groups is 1. The molecule has 0 heterocycles. The fraction of sp³-hybridized carbons (Fsp3) is 0.0769. The topological polar surface area (TPSA) is 80.3 Å². The zero-order valence-electron chi connectivity index (χ0n) is 11.2. The van der Waals surface area contributed by atoms with E-state index in [0.29, 0.717) is 0 Å². The van der Waals surface area contributed by atoms with Gasteiger partial charge in [0.05, 0.1) is 20.5 Å². The van der Waals surface area contributed by atoms with E-state index >= 15 is 0 Å². The molecule has 0 atom stereocenters. The van der Waals surface area contributed by atoms with E-state index in [1.165, 1.54) is 30.3 Å². The van der Waals surface area contributed by atoms with E-state index in [-0.39, 0.29) is 20.5 Å². The Morgan fingerprint density at radius 1 is 0.955 bits per heavy atom. The highest BCUT2D eigenvalue weighted by atomic mass is 35.5. The second-order valence-corrected chi connectivity index (χ2v) is 8.58. The summed E-state index contributed by atoms with van der Waals surface area (Å²) in [6.45, 7) is 0. The number of halogens is 2. The van der Waals surface area contributed by atoms with Crippen LogP contribution in [-0.2, 0) is 19.9 Å². The number of hydrogen-bond acceptors (Lipinski definition) is 4. The van der Waals surface area contributed by atoms with Crippen molar-refractivity contribution in [1.82, 2.24) is 0 Å². The maximum atomic E-state index is 13.0. The molecule has 0 radical (unpaired) electrons. The third kappa shape index (κ3) is 3.76. The van der Waals surface area contributed by atoms with Gasteiger partial charge in [0.1, 0.15) is 5.82 Å². The molecule has 0 aliphatic rings. The minimum Gasteiger partial charge on any atom is -0.280 e. The second kappa shape index (κ2) is 5.86. The molecule has 2 aromatic rings. The van der Waals surface area contributed by atoms with Gasteiger partial charge in [0.2, 0.25) is 0 Å². The van der Waals surface area contributed by atoms with E-state index in [1.807, 2.05) is 0 Å². The monoisotopic (exact) mass is 363 g/mol. The summed E-state index contributed by atoms with van der Waals surface area (Å²) in [6, 6.07) is 8.13. The normalized spacial score (nSPS) is 12.1. The number of nitrogens with one attached hydrogen (secondary N) is 1. The van der Waals surface area contributed by atoms with Gasteiger partial charge in [0.15, 0.2) is 9.84 Å². The predicted octanol–water partition coefficient (Wildman–Crippen LogP) is 2.68. The molecule has 5 nitrogen and oxygen atoms in total. The van der Waals surface area contributed by atoms with Crippen molar-refractivity contribution < 1.29 is 21.2 Å². The third-order valence-corrected chi connectivity index (χ3v) is 5.55. The van der Waals surface area contributed by atoms with E-state index in [1.54, 1.807) is 0 Å². The molecule has 2 aromatic carbocycles. The Bertz CT molecular complexity index is 910. The average Bonchev–Trinajstić information content (AvgIpc) is 2.42. The number of hydrogen-bond donors (Lipinski definition) is 1. The van der Waals surface area contributed by atoms with Gasteiger partial charge in [-0.2, -0.15) is 0 Å². The first-order valence-corrected chi connectivity index (χ1v) is 9.63. The summed E-state index contributed by atoms with van der Waals surface area (Å²) < 4.78 is 62.3. The molecule has 0 unspecified atom stereocenters. The molecule has 0 spiro atoms. The van der Waals surface area contributed by atoms with Crippen LogP contribution in [0.25, 0.3) is 0 Å². The van der Waals surface area contributed by atoms with Crippen LogP contribution in [0.4, 0.5) is 10.1 Å². The summed E-state index contributed by atoms with van der Waals surface area (Å²) in [6.07, 6.45) is 1.02. The first-order chi connectivity index (χ1) is 10.1. The SMILES string of the molecule is CS(=O)(=O)c1ccc(S(=O)(=O)Nc2ccc(F)c(Cl)c2)cc1. The van der Waals surface area contributed by atoms with E-state index < -0.39 is 25.7 Å². The molecule has 0 aliphatic heterocycles. The Morgan fingerprint density at radius 3 is 2.00 bits per heavy atom. The number of sulfonamides is 1. The fourth-order valence-electron chi connectivity index (χ4n) is 1.64. The molecule has 9 heteroatoms. The second-order valence-electron chi connectivity index (χ2n) is 4.48. The van der Waals surface area contributed by atoms with Crippen LogP contribution in [0.15, 0.2) is 52.3 Å². The van der Waals surface area contributed by atoms with Gasteiger partial charge < -0.3 is 0 Å². The van der Waals surface area contributed by atoms with Crippen LogP contribution in [0, 0.1) is 5.82 Å². The van der Waals surface area contributed by atoms with Gasteiger partial charge in [0, 0.05) is 6.26 Å². The molecule has 118 valence electrons. The molecule has 0 saturated heterocycles. The highest BCUT2D eigenvalue weighted by Gasteiger charge is 2.16. The van der Waals surface area contributed by atoms with E-state index in [0.717, 1.165) is 18.4 Å². The molecule has 0 aromatic heterocycles. The summed E-state index contributed by atoms with van der Waals surface area (Å²) in [5.74, 6) is -0.665. The highest BCUT2D eigenvalue weighted by molar-refractivity contribution is 7.92. The summed E-state index contributed by atoms with van der Waals surface area (Å²) in [5.41, 5.74) is 0.0959. The van der Waals surface area contributed by atoms with Crippen molar-refractivity contribution in [2.45, 2.75) is 9.79 Å². The molecule has 0 fully saturated rings. The number of rotatable bonds is 4. The van der Waals surface area contributed by atoms with Gasteiger partial charge >= 0.3 is 0 Å². The van der Waals surface area contributed by atoms with Crippen molar-refractivity contribution in [3.63, 3.8) is 0 Å². The Kier molecular flexibility index (Phi) is 4.46. The van der Waals surface area contributed by atoms with Gasteiger partial charge in [0.25, 0.3) is 10.0 Å². The van der Waals surface area contributed by atoms with Crippen LogP contribution < -0.4 is 4.72 Å². The number of benzene rings is 2. The van der Waals surface area contributed by atoms with Gasteiger partial charge in [-0.1, -0.05) is 11.6 Å². The van der Waals surface area contributed by atoms with Gasteiger partial charge in [-0.05, 0) is 42.5 Å². The highest BCUT2D eigenvalue weighted by Crippen LogP contribution is 2.22. The van der Waals surface area contributed by atoms with Crippen LogP contribution in [0.5, 0.6) is 0 Å². The molecule has 1 N–H and O–H groups in total. The van der Waals surface area contributed by atoms with Crippen molar-refractivity contribution in [3.8, 4) is 0 Å². The maximum Gasteiger partial charge on any atom is 0.261 e. The van der Waals surface area contributed by atoms with Crippen LogP contribution in [0.2, 0.25) is 5.02 Å². The minimum atomic E-state index is -3.93. The van der Waals surface area contributed by atoms with Crippen molar-refractivity contribution in [2.75, 3.05) is 11.0 Å². The van der Waals surface area contributed by atoms with Gasteiger partial charge in [-0.25, -0.2) is 21.2 Å². The lowest BCUT2D eigenvalue weighted by Crippen LogP contribution is -2.13. The Hall–Kier alpha value is -1.64. The molecule has 0 amide bonds. The third-order valence-electron chi connectivity index (χ3n) is 2.73. The van der Waals surface area contributed by atoms with Crippen molar-refractivity contribution in [1.29, 1.82) is 0 Å². The van der Waals surface area contributed by atoms with Crippen LogP contribution in [0.1, 0.15) is 0 Å². The zero-order valence-corrected chi connectivity index (χ0v) is 13.6. The van der Waals surface area contributed by atoms with E-state index in [4.69, 9.17) is 11.6 Å². The number of anilines is 1. The van der Waals surface area contributed by atoms with Crippen molar-refractivity contribution in [3.05, 3.63) is 53.3 Å². The molecular weight excluding hydrogens is 353 g/mol. The van der Waals surface area contributed by atoms with Crippen molar-refractivity contribution >= 4 is 37.1 Å². The predicted molar refractivity (Wildman–Crippen MR) is 81.8 cm³/mol. The van der Waals surface area contributed by atoms with E-state index in [2.05, 4.69) is 4.72 Å². The van der Waals surface area contributed by atoms with Crippen LogP contribution >= 0.6 is 11.6 Å². The fourth-order valence-corrected chi connectivity index (χ4v) is 3.50. The minimum absolute atomic E-state index is 0.0104. The summed E-state index contributed by atoms with van der Waals surface area (Å²) in [7, 11) is -7.34. The first kappa shape index (κ1) is 16.7. The summed E-state index contributed by atoms with van der Waals surface area (Å²) >= 11 is 5.58. The average molecular weight is 364 g/mol. The smallest absolute Gasteiger partial charge is 0.261 e. The zero-order chi connectivity index (χ0) is 16.5. The van der Waals surface area contributed by atoms with E-state index in [9.17, 15) is 21.2 Å². The standard InChI is InChI=1S/C13H11ClFNO4S2/c1-21(17,18)10-3-5-11(6-4-10)22(19,20)16-9-2-7-13(15)12(14)8-9/h2-8,16H,1H3. The van der Waals surface area contributed by atoms with Gasteiger partial charge in [-0.15, -0.1) is 0 Å². The van der Waals surface area contributed by atoms with Crippen LogP contribution in [0.3, 0.4) is 0 Å². The maximum absolute atomic E-state index is 13.0. The molecule has 0 saturated carbocycles. The molecule has 0 bridgehead atoms. The lowest BCUT2D eigenvalue weighted by atomic mass is 10.3. The van der Waals surface area contributed by atoms with Crippen molar-refractivity contribution in [2.24, 2.45) is 0 Å². The molecular formula is C13H11ClFNO4S2. The van der Waals surface area contributed by atoms with Gasteiger partial charge in [-0.3, -0.25) is 4.72 Å². The Balaban J connectivity index is 2.32. The lowest BCUT2D eigenvalue weighted by molar-refractivity contribution is 0.597.